The number of fused-ring (bicyclic) bond motifs is 1. The van der Waals surface area contributed by atoms with Crippen molar-refractivity contribution in [1.82, 2.24) is 10.2 Å². The Morgan fingerprint density at radius 1 is 1.32 bits per heavy atom. The molecule has 0 bridgehead atoms. The van der Waals surface area contributed by atoms with Crippen molar-refractivity contribution in [3.05, 3.63) is 29.8 Å². The highest BCUT2D eigenvalue weighted by Gasteiger charge is 2.21. The van der Waals surface area contributed by atoms with E-state index in [1.165, 1.54) is 10.5 Å². The number of carbonyl (C=O) groups is 2. The van der Waals surface area contributed by atoms with E-state index in [9.17, 15) is 9.59 Å². The molecular weight excluding hydrogens is 278 g/mol. The van der Waals surface area contributed by atoms with E-state index >= 15 is 0 Å². The molecule has 0 atom stereocenters. The number of likely N-dealkylation sites (N-methyl/N-ethyl adjacent to an activating group) is 1. The summed E-state index contributed by atoms with van der Waals surface area (Å²) in [6.07, 6.45) is 3.02. The highest BCUT2D eigenvalue weighted by atomic mass is 16.2. The molecule has 0 aromatic heterocycles. The zero-order valence-electron chi connectivity index (χ0n) is 13.5. The molecule has 120 valence electrons. The van der Waals surface area contributed by atoms with Crippen molar-refractivity contribution in [3.8, 4) is 0 Å². The molecule has 0 saturated carbocycles. The van der Waals surface area contributed by atoms with E-state index in [4.69, 9.17) is 0 Å². The second-order valence-corrected chi connectivity index (χ2v) is 5.75. The first-order valence-corrected chi connectivity index (χ1v) is 7.95. The molecule has 5 nitrogen and oxygen atoms in total. The highest BCUT2D eigenvalue weighted by Crippen LogP contribution is 2.26. The first-order valence-electron chi connectivity index (χ1n) is 7.95. The second-order valence-electron chi connectivity index (χ2n) is 5.75. The molecule has 2 rings (SSSR count). The van der Waals surface area contributed by atoms with Crippen molar-refractivity contribution in [3.63, 3.8) is 0 Å². The van der Waals surface area contributed by atoms with Crippen LogP contribution >= 0.6 is 0 Å². The Balaban J connectivity index is 1.91. The molecule has 0 saturated heterocycles. The number of amides is 2. The Morgan fingerprint density at radius 2 is 2.09 bits per heavy atom. The number of hydrogen-bond donors (Lipinski definition) is 1. The maximum Gasteiger partial charge on any atom is 0.242 e. The molecule has 1 aliphatic rings. The largest absolute Gasteiger partial charge is 0.362 e. The van der Waals surface area contributed by atoms with Crippen LogP contribution in [-0.4, -0.2) is 49.9 Å². The number of hydrogen-bond acceptors (Lipinski definition) is 3. The van der Waals surface area contributed by atoms with Gasteiger partial charge in [0.05, 0.1) is 13.1 Å². The lowest BCUT2D eigenvalue weighted by Gasteiger charge is -2.32. The molecule has 1 heterocycles. The van der Waals surface area contributed by atoms with Gasteiger partial charge < -0.3 is 15.1 Å². The fourth-order valence-corrected chi connectivity index (χ4v) is 2.68. The van der Waals surface area contributed by atoms with Gasteiger partial charge in [0.15, 0.2) is 0 Å². The minimum absolute atomic E-state index is 0.0247. The van der Waals surface area contributed by atoms with Gasteiger partial charge in [0.2, 0.25) is 11.8 Å². The van der Waals surface area contributed by atoms with E-state index in [0.717, 1.165) is 31.5 Å². The smallest absolute Gasteiger partial charge is 0.242 e. The maximum atomic E-state index is 12.3. The van der Waals surface area contributed by atoms with Crippen molar-refractivity contribution >= 4 is 17.5 Å². The predicted octanol–water partition coefficient (Wildman–Crippen LogP) is 1.42. The van der Waals surface area contributed by atoms with Crippen LogP contribution in [0.3, 0.4) is 0 Å². The normalized spacial score (nSPS) is 13.5. The van der Waals surface area contributed by atoms with Crippen LogP contribution in [0.25, 0.3) is 0 Å². The van der Waals surface area contributed by atoms with Crippen molar-refractivity contribution in [2.24, 2.45) is 0 Å². The van der Waals surface area contributed by atoms with Crippen LogP contribution < -0.4 is 10.2 Å². The summed E-state index contributed by atoms with van der Waals surface area (Å²) in [5.74, 6) is -0.125. The molecule has 0 aliphatic carbocycles. The summed E-state index contributed by atoms with van der Waals surface area (Å²) in [4.78, 5) is 27.6. The third-order valence-electron chi connectivity index (χ3n) is 3.91. The van der Waals surface area contributed by atoms with Gasteiger partial charge in [0, 0.05) is 25.8 Å². The first-order chi connectivity index (χ1) is 10.6. The van der Waals surface area contributed by atoms with E-state index in [1.54, 1.807) is 7.05 Å². The minimum Gasteiger partial charge on any atom is -0.362 e. The molecule has 0 fully saturated rings. The van der Waals surface area contributed by atoms with Gasteiger partial charge >= 0.3 is 0 Å². The minimum atomic E-state index is -0.100. The number of carbonyl (C=O) groups excluding carboxylic acids is 2. The molecule has 0 radical (unpaired) electrons. The number of benzene rings is 1. The second kappa shape index (κ2) is 7.82. The molecule has 1 aliphatic heterocycles. The molecule has 1 aromatic rings. The fourth-order valence-electron chi connectivity index (χ4n) is 2.68. The van der Waals surface area contributed by atoms with Crippen molar-refractivity contribution in [1.29, 1.82) is 0 Å². The lowest BCUT2D eigenvalue weighted by molar-refractivity contribution is -0.133. The standard InChI is InChI=1S/C17H25N3O2/c1-3-10-18-16(21)12-19(2)17(22)13-20-11-6-8-14-7-4-5-9-15(14)20/h4-5,7,9H,3,6,8,10-13H2,1-2H3,(H,18,21). The lowest BCUT2D eigenvalue weighted by atomic mass is 10.0. The number of aryl methyl sites for hydroxylation is 1. The van der Waals surface area contributed by atoms with Crippen LogP contribution in [0.5, 0.6) is 0 Å². The van der Waals surface area contributed by atoms with Gasteiger partial charge in [-0.1, -0.05) is 25.1 Å². The molecule has 0 unspecified atom stereocenters. The third-order valence-corrected chi connectivity index (χ3v) is 3.91. The average molecular weight is 303 g/mol. The van der Waals surface area contributed by atoms with Gasteiger partial charge in [-0.3, -0.25) is 9.59 Å². The number of anilines is 1. The lowest BCUT2D eigenvalue weighted by Crippen LogP contribution is -2.44. The summed E-state index contributed by atoms with van der Waals surface area (Å²) >= 11 is 0. The Morgan fingerprint density at radius 3 is 2.86 bits per heavy atom. The number of nitrogens with one attached hydrogen (secondary N) is 1. The Bertz CT molecular complexity index is 530. The topological polar surface area (TPSA) is 52.7 Å². The van der Waals surface area contributed by atoms with Crippen molar-refractivity contribution in [2.75, 3.05) is 38.1 Å². The van der Waals surface area contributed by atoms with Crippen LogP contribution in [-0.2, 0) is 16.0 Å². The maximum absolute atomic E-state index is 12.3. The van der Waals surface area contributed by atoms with Crippen molar-refractivity contribution < 1.29 is 9.59 Å². The highest BCUT2D eigenvalue weighted by molar-refractivity contribution is 5.87. The number of rotatable bonds is 6. The van der Waals surface area contributed by atoms with E-state index in [2.05, 4.69) is 22.3 Å². The quantitative estimate of drug-likeness (QED) is 0.865. The average Bonchev–Trinajstić information content (AvgIpc) is 2.53. The summed E-state index contributed by atoms with van der Waals surface area (Å²) in [7, 11) is 1.68. The monoisotopic (exact) mass is 303 g/mol. The van der Waals surface area contributed by atoms with Crippen LogP contribution in [0.4, 0.5) is 5.69 Å². The summed E-state index contributed by atoms with van der Waals surface area (Å²) in [6.45, 7) is 3.99. The fraction of sp³-hybridized carbons (Fsp3) is 0.529. The van der Waals surface area contributed by atoms with E-state index in [1.807, 2.05) is 19.1 Å². The van der Waals surface area contributed by atoms with Gasteiger partial charge in [-0.05, 0) is 30.9 Å². The molecule has 2 amide bonds. The van der Waals surface area contributed by atoms with E-state index in [0.29, 0.717) is 13.1 Å². The summed E-state index contributed by atoms with van der Waals surface area (Å²) < 4.78 is 0. The molecule has 1 N–H and O–H groups in total. The molecule has 1 aromatic carbocycles. The molecule has 5 heteroatoms. The van der Waals surface area contributed by atoms with Crippen molar-refractivity contribution in [2.45, 2.75) is 26.2 Å². The van der Waals surface area contributed by atoms with Gasteiger partial charge in [0.25, 0.3) is 0 Å². The Kier molecular flexibility index (Phi) is 5.81. The van der Waals surface area contributed by atoms with Gasteiger partial charge in [0.1, 0.15) is 0 Å². The van der Waals surface area contributed by atoms with Gasteiger partial charge in [-0.2, -0.15) is 0 Å². The molecular formula is C17H25N3O2. The van der Waals surface area contributed by atoms with Gasteiger partial charge in [-0.25, -0.2) is 0 Å². The SMILES string of the molecule is CCCNC(=O)CN(C)C(=O)CN1CCCc2ccccc21. The Labute approximate surface area is 132 Å². The molecule has 22 heavy (non-hydrogen) atoms. The van der Waals surface area contributed by atoms with Crippen LogP contribution in [0.2, 0.25) is 0 Å². The Hall–Kier alpha value is -2.04. The van der Waals surface area contributed by atoms with Crippen LogP contribution in [0.1, 0.15) is 25.3 Å². The first kappa shape index (κ1) is 16.3. The predicted molar refractivity (Wildman–Crippen MR) is 87.9 cm³/mol. The summed E-state index contributed by atoms with van der Waals surface area (Å²) in [5.41, 5.74) is 2.44. The summed E-state index contributed by atoms with van der Waals surface area (Å²) in [5, 5.41) is 2.79. The third kappa shape index (κ3) is 4.23. The molecule has 0 spiro atoms. The summed E-state index contributed by atoms with van der Waals surface area (Å²) in [6, 6.07) is 8.22. The van der Waals surface area contributed by atoms with Crippen LogP contribution in [0, 0.1) is 0 Å². The van der Waals surface area contributed by atoms with E-state index in [-0.39, 0.29) is 18.4 Å². The zero-order chi connectivity index (χ0) is 15.9. The zero-order valence-corrected chi connectivity index (χ0v) is 13.5. The van der Waals surface area contributed by atoms with E-state index < -0.39 is 0 Å². The number of para-hydroxylation sites is 1. The van der Waals surface area contributed by atoms with Gasteiger partial charge in [-0.15, -0.1) is 0 Å². The number of nitrogens with zero attached hydrogens (tertiary/aromatic N) is 2. The van der Waals surface area contributed by atoms with Crippen LogP contribution in [0.15, 0.2) is 24.3 Å².